The number of aromatic nitrogens is 1. The van der Waals surface area contributed by atoms with Gasteiger partial charge in [0, 0.05) is 16.2 Å². The van der Waals surface area contributed by atoms with Crippen molar-refractivity contribution in [1.82, 2.24) is 13.9 Å². The van der Waals surface area contributed by atoms with Gasteiger partial charge >= 0.3 is 6.18 Å². The summed E-state index contributed by atoms with van der Waals surface area (Å²) in [4.78, 5) is 14.0. The molecule has 3 aromatic carbocycles. The van der Waals surface area contributed by atoms with E-state index in [0.29, 0.717) is 17.0 Å². The van der Waals surface area contributed by atoms with Gasteiger partial charge in [-0.1, -0.05) is 58.4 Å². The summed E-state index contributed by atoms with van der Waals surface area (Å²) in [5.41, 5.74) is 2.71. The van der Waals surface area contributed by atoms with Crippen molar-refractivity contribution in [2.24, 2.45) is 0 Å². The molecule has 9 heteroatoms. The van der Waals surface area contributed by atoms with Gasteiger partial charge in [-0.3, -0.25) is 4.79 Å². The number of carbonyl (C=O) groups is 1. The van der Waals surface area contributed by atoms with Gasteiger partial charge in [0.1, 0.15) is 0 Å². The van der Waals surface area contributed by atoms with Crippen molar-refractivity contribution in [2.75, 3.05) is 20.6 Å². The van der Waals surface area contributed by atoms with E-state index >= 15 is 0 Å². The first-order valence-corrected chi connectivity index (χ1v) is 12.5. The predicted molar refractivity (Wildman–Crippen MR) is 144 cm³/mol. The highest BCUT2D eigenvalue weighted by molar-refractivity contribution is 9.10. The number of nitrogens with zero attached hydrogens (tertiary/aromatic N) is 3. The molecule has 4 rings (SSSR count). The number of hydrogen-bond donors (Lipinski definition) is 0. The van der Waals surface area contributed by atoms with Crippen molar-refractivity contribution in [2.45, 2.75) is 12.7 Å². The molecular weight excluding hydrogens is 567 g/mol. The Labute approximate surface area is 227 Å². The van der Waals surface area contributed by atoms with Crippen molar-refractivity contribution >= 4 is 33.6 Å². The summed E-state index contributed by atoms with van der Waals surface area (Å²) in [5.74, 6) is -0.253. The van der Waals surface area contributed by atoms with Gasteiger partial charge in [0.25, 0.3) is 5.91 Å². The molecule has 0 aliphatic rings. The van der Waals surface area contributed by atoms with E-state index in [1.54, 1.807) is 41.8 Å². The second kappa shape index (κ2) is 11.1. The van der Waals surface area contributed by atoms with Crippen LogP contribution in [0.2, 0.25) is 0 Å². The van der Waals surface area contributed by atoms with Crippen LogP contribution in [0.15, 0.2) is 89.4 Å². The summed E-state index contributed by atoms with van der Waals surface area (Å²) in [7, 11) is 3.55. The number of likely N-dealkylation sites (N-methyl/N-ethyl adjacent to an activating group) is 1. The van der Waals surface area contributed by atoms with Crippen LogP contribution in [0.5, 0.6) is 0 Å². The van der Waals surface area contributed by atoms with E-state index in [2.05, 4.69) is 15.9 Å². The second-order valence-corrected chi connectivity index (χ2v) is 10.1. The Morgan fingerprint density at radius 3 is 2.19 bits per heavy atom. The topological polar surface area (TPSA) is 28.5 Å². The molecule has 0 saturated heterocycles. The molecule has 192 valence electrons. The summed E-state index contributed by atoms with van der Waals surface area (Å²) in [5, 5.41) is 0. The Hall–Kier alpha value is -3.07. The van der Waals surface area contributed by atoms with Crippen LogP contribution < -0.4 is 0 Å². The summed E-state index contributed by atoms with van der Waals surface area (Å²) >= 11 is 9.64. The van der Waals surface area contributed by atoms with E-state index in [9.17, 15) is 18.0 Å². The quantitative estimate of drug-likeness (QED) is 0.207. The number of hydrogen-bond acceptors (Lipinski definition) is 2. The average molecular weight is 591 g/mol. The van der Waals surface area contributed by atoms with E-state index in [4.69, 9.17) is 11.8 Å². The van der Waals surface area contributed by atoms with Gasteiger partial charge in [0.2, 0.25) is 0 Å². The lowest BCUT2D eigenvalue weighted by molar-refractivity contribution is -0.137. The molecule has 4 aromatic rings. The van der Waals surface area contributed by atoms with Gasteiger partial charge in [-0.2, -0.15) is 13.2 Å². The van der Waals surface area contributed by atoms with Crippen LogP contribution in [0, 0.1) is 0 Å². The SMILES string of the molecule is CN(C)CC(=O)N(Cl)Cc1cccc(-c2ccc(-c3ccc(Br)cc3)n2-c2ccccc2C(F)(F)F)c1. The molecule has 0 radical (unpaired) electrons. The van der Waals surface area contributed by atoms with Crippen molar-refractivity contribution in [1.29, 1.82) is 0 Å². The number of rotatable bonds is 7. The van der Waals surface area contributed by atoms with Gasteiger partial charge in [0.05, 0.1) is 35.7 Å². The lowest BCUT2D eigenvalue weighted by Crippen LogP contribution is -2.31. The molecule has 1 amide bonds. The average Bonchev–Trinajstić information content (AvgIpc) is 3.29. The molecule has 0 atom stereocenters. The maximum Gasteiger partial charge on any atom is 0.418 e. The van der Waals surface area contributed by atoms with Gasteiger partial charge in [-0.25, -0.2) is 4.42 Å². The van der Waals surface area contributed by atoms with E-state index in [0.717, 1.165) is 26.1 Å². The zero-order valence-electron chi connectivity index (χ0n) is 20.1. The molecule has 1 aromatic heterocycles. The normalized spacial score (nSPS) is 11.7. The zero-order chi connectivity index (χ0) is 26.7. The highest BCUT2D eigenvalue weighted by atomic mass is 79.9. The number of amides is 1. The monoisotopic (exact) mass is 589 g/mol. The van der Waals surface area contributed by atoms with E-state index in [-0.39, 0.29) is 24.7 Å². The third-order valence-electron chi connectivity index (χ3n) is 5.74. The number of carbonyl (C=O) groups excluding carboxylic acids is 1. The molecule has 4 nitrogen and oxygen atoms in total. The van der Waals surface area contributed by atoms with Crippen LogP contribution in [-0.2, 0) is 17.5 Å². The van der Waals surface area contributed by atoms with E-state index in [1.807, 2.05) is 48.5 Å². The minimum absolute atomic E-state index is 0.0263. The van der Waals surface area contributed by atoms with Gasteiger partial charge in [0.15, 0.2) is 0 Å². The lowest BCUT2D eigenvalue weighted by Gasteiger charge is -2.20. The van der Waals surface area contributed by atoms with Crippen LogP contribution in [0.4, 0.5) is 13.2 Å². The Kier molecular flexibility index (Phi) is 8.11. The molecule has 0 bridgehead atoms. The Bertz CT molecular complexity index is 1400. The van der Waals surface area contributed by atoms with Crippen LogP contribution in [0.1, 0.15) is 11.1 Å². The first kappa shape index (κ1) is 27.0. The number of para-hydroxylation sites is 1. The van der Waals surface area contributed by atoms with Crippen molar-refractivity contribution in [3.05, 3.63) is 101 Å². The highest BCUT2D eigenvalue weighted by Gasteiger charge is 2.34. The summed E-state index contributed by atoms with van der Waals surface area (Å²) in [6.07, 6.45) is -4.54. The molecule has 0 N–H and O–H groups in total. The largest absolute Gasteiger partial charge is 0.418 e. The van der Waals surface area contributed by atoms with Crippen LogP contribution >= 0.6 is 27.7 Å². The summed E-state index contributed by atoms with van der Waals surface area (Å²) < 4.78 is 45.8. The lowest BCUT2D eigenvalue weighted by atomic mass is 10.1. The Balaban J connectivity index is 1.84. The molecule has 1 heterocycles. The van der Waals surface area contributed by atoms with Crippen molar-refractivity contribution < 1.29 is 18.0 Å². The van der Waals surface area contributed by atoms with Gasteiger partial charge in [-0.15, -0.1) is 0 Å². The first-order valence-electron chi connectivity index (χ1n) is 11.4. The van der Waals surface area contributed by atoms with Crippen LogP contribution in [0.25, 0.3) is 28.2 Å². The molecule has 0 fully saturated rings. The first-order chi connectivity index (χ1) is 17.5. The number of benzene rings is 3. The fourth-order valence-electron chi connectivity index (χ4n) is 4.10. The minimum Gasteiger partial charge on any atom is -0.309 e. The van der Waals surface area contributed by atoms with E-state index < -0.39 is 11.7 Å². The maximum atomic E-state index is 14.1. The van der Waals surface area contributed by atoms with Crippen molar-refractivity contribution in [3.8, 4) is 28.2 Å². The minimum atomic E-state index is -4.54. The zero-order valence-corrected chi connectivity index (χ0v) is 22.5. The molecule has 37 heavy (non-hydrogen) atoms. The van der Waals surface area contributed by atoms with Gasteiger partial charge in [-0.05, 0) is 73.3 Å². The number of halogens is 5. The van der Waals surface area contributed by atoms with Crippen LogP contribution in [0.3, 0.4) is 0 Å². The molecule has 0 spiro atoms. The van der Waals surface area contributed by atoms with E-state index in [1.165, 1.54) is 12.1 Å². The maximum absolute atomic E-state index is 14.1. The highest BCUT2D eigenvalue weighted by Crippen LogP contribution is 2.39. The molecular formula is C28H24BrClF3N3O. The van der Waals surface area contributed by atoms with Gasteiger partial charge < -0.3 is 9.47 Å². The summed E-state index contributed by atoms with van der Waals surface area (Å²) in [6, 6.07) is 23.9. The molecule has 0 aliphatic carbocycles. The Morgan fingerprint density at radius 2 is 1.54 bits per heavy atom. The Morgan fingerprint density at radius 1 is 0.892 bits per heavy atom. The predicted octanol–water partition coefficient (Wildman–Crippen LogP) is 7.64. The third kappa shape index (κ3) is 6.26. The third-order valence-corrected chi connectivity index (χ3v) is 6.57. The molecule has 0 aliphatic heterocycles. The second-order valence-electron chi connectivity index (χ2n) is 8.81. The number of alkyl halides is 3. The summed E-state index contributed by atoms with van der Waals surface area (Å²) in [6.45, 7) is 0.318. The molecule has 0 saturated carbocycles. The van der Waals surface area contributed by atoms with Crippen LogP contribution in [-0.4, -0.2) is 40.4 Å². The fraction of sp³-hybridized carbons (Fsp3) is 0.179. The smallest absolute Gasteiger partial charge is 0.309 e. The molecule has 0 unspecified atom stereocenters. The van der Waals surface area contributed by atoms with Crippen molar-refractivity contribution in [3.63, 3.8) is 0 Å². The standard InChI is InChI=1S/C28H24BrClF3N3O/c1-34(2)18-27(37)35(30)17-19-6-5-7-21(16-19)25-15-14-24(20-10-12-22(29)13-11-20)36(25)26-9-4-3-8-23(26)28(31,32)33/h3-16H,17-18H2,1-2H3. The fourth-order valence-corrected chi connectivity index (χ4v) is 4.56.